The summed E-state index contributed by atoms with van der Waals surface area (Å²) in [5.74, 6) is -0.674. The Morgan fingerprint density at radius 1 is 1.53 bits per heavy atom. The molecular weight excluding hydrogens is 254 g/mol. The van der Waals surface area contributed by atoms with Gasteiger partial charge >= 0.3 is 0 Å². The Labute approximate surface area is 106 Å². The molecule has 0 aliphatic carbocycles. The first-order chi connectivity index (χ1) is 9.13. The van der Waals surface area contributed by atoms with Crippen molar-refractivity contribution in [3.63, 3.8) is 0 Å². The molecule has 0 bridgehead atoms. The molecule has 0 atom stereocenters. The average Bonchev–Trinajstić information content (AvgIpc) is 2.78. The fourth-order valence-electron chi connectivity index (χ4n) is 1.46. The molecule has 0 spiro atoms. The SMILES string of the molecule is NC(=O)c1c(COc2ccccc2C=O)no[n+]1[O-]. The Hall–Kier alpha value is -2.90. The van der Waals surface area contributed by atoms with Crippen LogP contribution in [0.25, 0.3) is 0 Å². The van der Waals surface area contributed by atoms with E-state index in [1.165, 1.54) is 0 Å². The third-order valence-corrected chi connectivity index (χ3v) is 2.32. The number of carbonyl (C=O) groups excluding carboxylic acids is 2. The number of benzene rings is 1. The molecule has 8 nitrogen and oxygen atoms in total. The number of hydrogen-bond acceptors (Lipinski definition) is 6. The number of hydrogen-bond donors (Lipinski definition) is 1. The van der Waals surface area contributed by atoms with Crippen LogP contribution in [-0.4, -0.2) is 17.4 Å². The predicted molar refractivity (Wildman–Crippen MR) is 60.1 cm³/mol. The van der Waals surface area contributed by atoms with Crippen LogP contribution in [0.1, 0.15) is 26.5 Å². The van der Waals surface area contributed by atoms with Gasteiger partial charge < -0.3 is 15.7 Å². The molecule has 1 aromatic carbocycles. The van der Waals surface area contributed by atoms with Crippen molar-refractivity contribution >= 4 is 12.2 Å². The lowest BCUT2D eigenvalue weighted by molar-refractivity contribution is -0.803. The maximum Gasteiger partial charge on any atom is 0.297 e. The van der Waals surface area contributed by atoms with Crippen molar-refractivity contribution in [1.29, 1.82) is 0 Å². The summed E-state index contributed by atoms with van der Waals surface area (Å²) in [5.41, 5.74) is 4.88. The van der Waals surface area contributed by atoms with Gasteiger partial charge in [-0.3, -0.25) is 14.2 Å². The van der Waals surface area contributed by atoms with E-state index in [4.69, 9.17) is 10.5 Å². The highest BCUT2D eigenvalue weighted by molar-refractivity contribution is 5.90. The van der Waals surface area contributed by atoms with Gasteiger partial charge in [-0.15, -0.1) is 0 Å². The van der Waals surface area contributed by atoms with E-state index in [-0.39, 0.29) is 17.2 Å². The van der Waals surface area contributed by atoms with Gasteiger partial charge in [-0.1, -0.05) is 12.1 Å². The summed E-state index contributed by atoms with van der Waals surface area (Å²) in [4.78, 5) is 21.7. The smallest absolute Gasteiger partial charge is 0.297 e. The second-order valence-electron chi connectivity index (χ2n) is 3.53. The normalized spacial score (nSPS) is 10.1. The Bertz CT molecular complexity index is 623. The molecule has 1 amide bonds. The molecule has 2 N–H and O–H groups in total. The molecule has 98 valence electrons. The van der Waals surface area contributed by atoms with Crippen molar-refractivity contribution in [1.82, 2.24) is 5.16 Å². The second kappa shape index (κ2) is 5.17. The van der Waals surface area contributed by atoms with Crippen LogP contribution in [0.5, 0.6) is 5.75 Å². The van der Waals surface area contributed by atoms with Crippen molar-refractivity contribution < 1.29 is 23.9 Å². The number of amides is 1. The number of carbonyl (C=O) groups is 2. The van der Waals surface area contributed by atoms with Crippen LogP contribution in [0.4, 0.5) is 0 Å². The van der Waals surface area contributed by atoms with Crippen molar-refractivity contribution in [2.45, 2.75) is 6.61 Å². The van der Waals surface area contributed by atoms with Crippen LogP contribution < -0.4 is 15.4 Å². The molecule has 1 heterocycles. The van der Waals surface area contributed by atoms with E-state index < -0.39 is 11.6 Å². The number of aldehydes is 1. The first kappa shape index (κ1) is 12.6. The molecule has 2 rings (SSSR count). The number of rotatable bonds is 5. The highest BCUT2D eigenvalue weighted by Gasteiger charge is 2.25. The Balaban J connectivity index is 2.19. The average molecular weight is 263 g/mol. The lowest BCUT2D eigenvalue weighted by Crippen LogP contribution is -2.35. The van der Waals surface area contributed by atoms with E-state index in [0.29, 0.717) is 17.6 Å². The Morgan fingerprint density at radius 2 is 2.26 bits per heavy atom. The van der Waals surface area contributed by atoms with Crippen molar-refractivity contribution in [3.8, 4) is 5.75 Å². The van der Waals surface area contributed by atoms with Gasteiger partial charge in [-0.2, -0.15) is 0 Å². The van der Waals surface area contributed by atoms with Crippen LogP contribution in [0, 0.1) is 5.21 Å². The van der Waals surface area contributed by atoms with Crippen LogP contribution in [0.2, 0.25) is 0 Å². The van der Waals surface area contributed by atoms with Gasteiger partial charge in [0.25, 0.3) is 17.3 Å². The zero-order valence-electron chi connectivity index (χ0n) is 9.61. The molecule has 0 aliphatic rings. The minimum Gasteiger partial charge on any atom is -0.484 e. The molecule has 0 unspecified atom stereocenters. The summed E-state index contributed by atoms with van der Waals surface area (Å²) in [6, 6.07) is 6.48. The van der Waals surface area contributed by atoms with Crippen molar-refractivity contribution in [2.75, 3.05) is 0 Å². The van der Waals surface area contributed by atoms with Gasteiger partial charge in [0.05, 0.1) is 5.56 Å². The topological polar surface area (TPSA) is 122 Å². The highest BCUT2D eigenvalue weighted by atomic mass is 16.8. The van der Waals surface area contributed by atoms with E-state index in [2.05, 4.69) is 9.79 Å². The third kappa shape index (κ3) is 2.51. The molecule has 0 fully saturated rings. The monoisotopic (exact) mass is 263 g/mol. The first-order valence-electron chi connectivity index (χ1n) is 5.19. The quantitative estimate of drug-likeness (QED) is 0.588. The van der Waals surface area contributed by atoms with E-state index in [0.717, 1.165) is 0 Å². The molecule has 0 radical (unpaired) electrons. The predicted octanol–water partition coefficient (Wildman–Crippen LogP) is -0.202. The number of primary amides is 1. The summed E-state index contributed by atoms with van der Waals surface area (Å²) < 4.78 is 9.57. The summed E-state index contributed by atoms with van der Waals surface area (Å²) >= 11 is 0. The highest BCUT2D eigenvalue weighted by Crippen LogP contribution is 2.17. The van der Waals surface area contributed by atoms with E-state index in [1.54, 1.807) is 24.3 Å². The largest absolute Gasteiger partial charge is 0.484 e. The van der Waals surface area contributed by atoms with Gasteiger partial charge in [0, 0.05) is 5.16 Å². The number of ether oxygens (including phenoxy) is 1. The second-order valence-corrected chi connectivity index (χ2v) is 3.53. The van der Waals surface area contributed by atoms with Gasteiger partial charge in [-0.05, 0) is 17.0 Å². The zero-order valence-corrected chi connectivity index (χ0v) is 9.61. The molecule has 1 aromatic heterocycles. The lowest BCUT2D eigenvalue weighted by Gasteiger charge is -2.04. The molecular formula is C11H9N3O5. The minimum absolute atomic E-state index is 0.0387. The maximum atomic E-state index is 11.1. The van der Waals surface area contributed by atoms with Gasteiger partial charge in [0.2, 0.25) is 0 Å². The van der Waals surface area contributed by atoms with Gasteiger partial charge in [-0.25, -0.2) is 0 Å². The molecule has 0 saturated heterocycles. The molecule has 0 saturated carbocycles. The summed E-state index contributed by atoms with van der Waals surface area (Å²) in [6.07, 6.45) is 0.626. The molecule has 2 aromatic rings. The fourth-order valence-corrected chi connectivity index (χ4v) is 1.46. The van der Waals surface area contributed by atoms with Crippen LogP contribution in [-0.2, 0) is 6.61 Å². The van der Waals surface area contributed by atoms with Gasteiger partial charge in [0.15, 0.2) is 12.9 Å². The molecule has 0 aliphatic heterocycles. The standard InChI is InChI=1S/C11H9N3O5/c12-11(16)10-8(13-19-14(10)17)6-18-9-4-2-1-3-7(9)5-15/h1-5H,6H2,(H2,12,16). The van der Waals surface area contributed by atoms with E-state index in [9.17, 15) is 14.8 Å². The van der Waals surface area contributed by atoms with E-state index >= 15 is 0 Å². The van der Waals surface area contributed by atoms with Crippen molar-refractivity contribution in [2.24, 2.45) is 5.73 Å². The first-order valence-corrected chi connectivity index (χ1v) is 5.19. The summed E-state index contributed by atoms with van der Waals surface area (Å²) in [7, 11) is 0. The Kier molecular flexibility index (Phi) is 3.42. The third-order valence-electron chi connectivity index (χ3n) is 2.32. The fraction of sp³-hybridized carbons (Fsp3) is 0.0909. The van der Waals surface area contributed by atoms with E-state index in [1.807, 2.05) is 0 Å². The maximum absolute atomic E-state index is 11.1. The number of nitrogens with two attached hydrogens (primary N) is 1. The van der Waals surface area contributed by atoms with Crippen LogP contribution in [0.3, 0.4) is 0 Å². The lowest BCUT2D eigenvalue weighted by atomic mass is 10.2. The van der Waals surface area contributed by atoms with Crippen LogP contribution >= 0.6 is 0 Å². The molecule has 19 heavy (non-hydrogen) atoms. The van der Waals surface area contributed by atoms with Crippen molar-refractivity contribution in [3.05, 3.63) is 46.4 Å². The number of para-hydroxylation sites is 1. The zero-order chi connectivity index (χ0) is 13.8. The summed E-state index contributed by atoms with van der Waals surface area (Å²) in [5, 5.41) is 14.5. The van der Waals surface area contributed by atoms with Gasteiger partial charge in [0.1, 0.15) is 5.75 Å². The Morgan fingerprint density at radius 3 is 2.95 bits per heavy atom. The number of nitrogens with zero attached hydrogens (tertiary/aromatic N) is 2. The molecule has 8 heteroatoms. The number of aromatic nitrogens is 2. The minimum atomic E-state index is -0.974. The summed E-state index contributed by atoms with van der Waals surface area (Å²) in [6.45, 7) is -0.220. The van der Waals surface area contributed by atoms with Crippen LogP contribution in [0.15, 0.2) is 28.9 Å².